The van der Waals surface area contributed by atoms with Gasteiger partial charge < -0.3 is 10.2 Å². The van der Waals surface area contributed by atoms with E-state index in [1.54, 1.807) is 0 Å². The average molecular weight is 250 g/mol. The van der Waals surface area contributed by atoms with Gasteiger partial charge in [-0.3, -0.25) is 4.68 Å². The topological polar surface area (TPSA) is 33.1 Å². The molecule has 0 spiro atoms. The zero-order valence-corrected chi connectivity index (χ0v) is 12.3. The minimum absolute atomic E-state index is 0.508. The Morgan fingerprint density at radius 1 is 1.44 bits per heavy atom. The molecule has 102 valence electrons. The van der Waals surface area contributed by atoms with E-state index in [1.165, 1.54) is 24.2 Å². The summed E-state index contributed by atoms with van der Waals surface area (Å²) in [5.74, 6) is 1.31. The summed E-state index contributed by atoms with van der Waals surface area (Å²) in [6, 6.07) is 1.14. The lowest BCUT2D eigenvalue weighted by Crippen LogP contribution is -2.30. The van der Waals surface area contributed by atoms with Crippen LogP contribution in [-0.4, -0.2) is 28.4 Å². The first-order chi connectivity index (χ1) is 8.50. The van der Waals surface area contributed by atoms with Crippen molar-refractivity contribution in [1.29, 1.82) is 0 Å². The lowest BCUT2D eigenvalue weighted by Gasteiger charge is -2.25. The third-order valence-corrected chi connectivity index (χ3v) is 3.83. The first-order valence-electron chi connectivity index (χ1n) is 7.03. The van der Waals surface area contributed by atoms with E-state index in [4.69, 9.17) is 0 Å². The molecule has 0 aromatic carbocycles. The predicted molar refractivity (Wildman–Crippen MR) is 76.0 cm³/mol. The first-order valence-corrected chi connectivity index (χ1v) is 7.03. The smallest absolute Gasteiger partial charge is 0.131 e. The molecular formula is C14H26N4. The Kier molecular flexibility index (Phi) is 3.95. The number of aryl methyl sites for hydroxylation is 2. The average Bonchev–Trinajstić information content (AvgIpc) is 2.79. The molecule has 1 atom stereocenters. The second-order valence-corrected chi connectivity index (χ2v) is 5.73. The summed E-state index contributed by atoms with van der Waals surface area (Å²) in [6.07, 6.45) is 2.59. The Bertz CT molecular complexity index is 408. The van der Waals surface area contributed by atoms with Gasteiger partial charge in [0.15, 0.2) is 0 Å². The number of hydrogen-bond donors (Lipinski definition) is 1. The van der Waals surface area contributed by atoms with Gasteiger partial charge in [-0.05, 0) is 26.7 Å². The molecule has 0 radical (unpaired) electrons. The summed E-state index contributed by atoms with van der Waals surface area (Å²) in [4.78, 5) is 2.51. The molecule has 1 N–H and O–H groups in total. The Morgan fingerprint density at radius 3 is 2.72 bits per heavy atom. The van der Waals surface area contributed by atoms with Crippen LogP contribution in [0.3, 0.4) is 0 Å². The van der Waals surface area contributed by atoms with Crippen molar-refractivity contribution < 1.29 is 0 Å². The van der Waals surface area contributed by atoms with Crippen molar-refractivity contribution >= 4 is 5.82 Å². The molecule has 2 heterocycles. The summed E-state index contributed by atoms with van der Waals surface area (Å²) in [5, 5.41) is 8.12. The quantitative estimate of drug-likeness (QED) is 0.889. The summed E-state index contributed by atoms with van der Waals surface area (Å²) in [7, 11) is 2.06. The predicted octanol–water partition coefficient (Wildman–Crippen LogP) is 2.22. The summed E-state index contributed by atoms with van der Waals surface area (Å²) >= 11 is 0. The number of aromatic nitrogens is 2. The molecule has 1 unspecified atom stereocenters. The molecule has 0 saturated carbocycles. The van der Waals surface area contributed by atoms with E-state index in [1.807, 2.05) is 0 Å². The maximum Gasteiger partial charge on any atom is 0.131 e. The Hall–Kier alpha value is -1.03. The van der Waals surface area contributed by atoms with E-state index >= 15 is 0 Å². The lowest BCUT2D eigenvalue weighted by atomic mass is 10.2. The lowest BCUT2D eigenvalue weighted by molar-refractivity contribution is 0.585. The standard InChI is InChI=1S/C14H26N4/c1-10(2)15-9-13-12(4)16-17(5)14(13)18-8-6-7-11(18)3/h10-11,15H,6-9H2,1-5H3. The third kappa shape index (κ3) is 2.53. The van der Waals surface area contributed by atoms with Crippen molar-refractivity contribution in [1.82, 2.24) is 15.1 Å². The number of nitrogens with one attached hydrogen (secondary N) is 1. The van der Waals surface area contributed by atoms with E-state index in [-0.39, 0.29) is 0 Å². The maximum absolute atomic E-state index is 4.60. The SMILES string of the molecule is Cc1nn(C)c(N2CCCC2C)c1CNC(C)C. The fourth-order valence-corrected chi connectivity index (χ4v) is 2.81. The fraction of sp³-hybridized carbons (Fsp3) is 0.786. The molecule has 0 amide bonds. The van der Waals surface area contributed by atoms with Gasteiger partial charge in [0.05, 0.1) is 5.69 Å². The van der Waals surface area contributed by atoms with E-state index in [9.17, 15) is 0 Å². The summed E-state index contributed by atoms with van der Waals surface area (Å²) in [5.41, 5.74) is 2.51. The van der Waals surface area contributed by atoms with Gasteiger partial charge in [-0.15, -0.1) is 0 Å². The summed E-state index contributed by atoms with van der Waals surface area (Å²) < 4.78 is 2.05. The Morgan fingerprint density at radius 2 is 2.17 bits per heavy atom. The van der Waals surface area contributed by atoms with Crippen molar-refractivity contribution in [3.63, 3.8) is 0 Å². The Balaban J connectivity index is 2.27. The highest BCUT2D eigenvalue weighted by Crippen LogP contribution is 2.29. The van der Waals surface area contributed by atoms with Crippen LogP contribution in [0.4, 0.5) is 5.82 Å². The molecule has 0 bridgehead atoms. The molecule has 2 rings (SSSR count). The van der Waals surface area contributed by atoms with Crippen LogP contribution in [0, 0.1) is 6.92 Å². The first kappa shape index (κ1) is 13.4. The molecule has 0 aliphatic carbocycles. The van der Waals surface area contributed by atoms with E-state index < -0.39 is 0 Å². The zero-order chi connectivity index (χ0) is 13.3. The van der Waals surface area contributed by atoms with Gasteiger partial charge in [-0.2, -0.15) is 5.10 Å². The number of rotatable bonds is 4. The normalized spacial score (nSPS) is 20.1. The third-order valence-electron chi connectivity index (χ3n) is 3.83. The molecular weight excluding hydrogens is 224 g/mol. The molecule has 1 aliphatic rings. The number of hydrogen-bond acceptors (Lipinski definition) is 3. The van der Waals surface area contributed by atoms with Crippen molar-refractivity contribution in [3.8, 4) is 0 Å². The van der Waals surface area contributed by atoms with Crippen LogP contribution in [0.15, 0.2) is 0 Å². The molecule has 1 aromatic heterocycles. The second kappa shape index (κ2) is 5.31. The van der Waals surface area contributed by atoms with Gasteiger partial charge in [0, 0.05) is 37.8 Å². The van der Waals surface area contributed by atoms with Crippen LogP contribution in [0.2, 0.25) is 0 Å². The van der Waals surface area contributed by atoms with Crippen molar-refractivity contribution in [2.24, 2.45) is 7.05 Å². The molecule has 18 heavy (non-hydrogen) atoms. The highest BCUT2D eigenvalue weighted by Gasteiger charge is 2.26. The fourth-order valence-electron chi connectivity index (χ4n) is 2.81. The van der Waals surface area contributed by atoms with Crippen LogP contribution in [0.25, 0.3) is 0 Å². The van der Waals surface area contributed by atoms with Gasteiger partial charge >= 0.3 is 0 Å². The van der Waals surface area contributed by atoms with Crippen LogP contribution in [0.5, 0.6) is 0 Å². The molecule has 1 fully saturated rings. The highest BCUT2D eigenvalue weighted by molar-refractivity contribution is 5.51. The second-order valence-electron chi connectivity index (χ2n) is 5.73. The van der Waals surface area contributed by atoms with Crippen LogP contribution in [0.1, 0.15) is 44.9 Å². The summed E-state index contributed by atoms with van der Waals surface area (Å²) in [6.45, 7) is 10.9. The van der Waals surface area contributed by atoms with E-state index in [0.29, 0.717) is 12.1 Å². The Labute approximate surface area is 110 Å². The largest absolute Gasteiger partial charge is 0.354 e. The molecule has 1 aliphatic heterocycles. The van der Waals surface area contributed by atoms with E-state index in [0.717, 1.165) is 18.8 Å². The minimum atomic E-state index is 0.508. The maximum atomic E-state index is 4.60. The molecule has 4 nitrogen and oxygen atoms in total. The van der Waals surface area contributed by atoms with Crippen LogP contribution in [-0.2, 0) is 13.6 Å². The van der Waals surface area contributed by atoms with Crippen molar-refractivity contribution in [2.75, 3.05) is 11.4 Å². The highest BCUT2D eigenvalue weighted by atomic mass is 15.4. The minimum Gasteiger partial charge on any atom is -0.354 e. The monoisotopic (exact) mass is 250 g/mol. The number of nitrogens with zero attached hydrogens (tertiary/aromatic N) is 3. The molecule has 4 heteroatoms. The van der Waals surface area contributed by atoms with Crippen LogP contribution < -0.4 is 10.2 Å². The van der Waals surface area contributed by atoms with Gasteiger partial charge in [0.1, 0.15) is 5.82 Å². The number of anilines is 1. The van der Waals surface area contributed by atoms with Crippen molar-refractivity contribution in [3.05, 3.63) is 11.3 Å². The van der Waals surface area contributed by atoms with Crippen molar-refractivity contribution in [2.45, 2.75) is 59.2 Å². The van der Waals surface area contributed by atoms with E-state index in [2.05, 4.69) is 54.7 Å². The van der Waals surface area contributed by atoms with Gasteiger partial charge in [-0.25, -0.2) is 0 Å². The van der Waals surface area contributed by atoms with Gasteiger partial charge in [0.2, 0.25) is 0 Å². The molecule has 1 saturated heterocycles. The zero-order valence-electron chi connectivity index (χ0n) is 12.3. The van der Waals surface area contributed by atoms with Crippen LogP contribution >= 0.6 is 0 Å². The molecule has 1 aromatic rings. The van der Waals surface area contributed by atoms with Gasteiger partial charge in [-0.1, -0.05) is 13.8 Å². The van der Waals surface area contributed by atoms with Gasteiger partial charge in [0.25, 0.3) is 0 Å².